The molecule has 0 N–H and O–H groups in total. The number of amides is 2. The van der Waals surface area contributed by atoms with Gasteiger partial charge in [0.2, 0.25) is 0 Å². The van der Waals surface area contributed by atoms with Gasteiger partial charge >= 0.3 is 0 Å². The number of thiocarbonyl (C=S) groups is 1. The highest BCUT2D eigenvalue weighted by Gasteiger charge is 2.39. The number of allylic oxidation sites excluding steroid dienone is 2. The normalized spacial score (nSPS) is 15.8. The molecule has 0 atom stereocenters. The second-order valence-corrected chi connectivity index (χ2v) is 9.87. The Morgan fingerprint density at radius 1 is 0.639 bits per heavy atom. The molecule has 6 nitrogen and oxygen atoms in total. The molecule has 1 aromatic carbocycles. The smallest absolute Gasteiger partial charge is 0.265 e. The zero-order valence-electron chi connectivity index (χ0n) is 22.5. The summed E-state index contributed by atoms with van der Waals surface area (Å²) in [6, 6.07) is 8.46. The SMILES string of the molecule is CCCCN1C(=O)C(=CC=C2N(CCCC)c3ccccc3N2CCCC)C(=O)N(CCCC)C1=S. The summed E-state index contributed by atoms with van der Waals surface area (Å²) in [5.74, 6) is 0.470. The largest absolute Gasteiger partial charge is 0.326 e. The third-order valence-corrected chi connectivity index (χ3v) is 7.21. The number of hydrogen-bond donors (Lipinski definition) is 0. The molecular weight excluding hydrogens is 468 g/mol. The van der Waals surface area contributed by atoms with E-state index in [4.69, 9.17) is 12.2 Å². The summed E-state index contributed by atoms with van der Waals surface area (Å²) in [6.45, 7) is 11.4. The van der Waals surface area contributed by atoms with Gasteiger partial charge in [0.05, 0.1) is 11.4 Å². The summed E-state index contributed by atoms with van der Waals surface area (Å²) >= 11 is 5.61. The molecule has 2 heterocycles. The highest BCUT2D eigenvalue weighted by Crippen LogP contribution is 2.42. The van der Waals surface area contributed by atoms with Crippen LogP contribution < -0.4 is 9.80 Å². The monoisotopic (exact) mass is 510 g/mol. The number of fused-ring (bicyclic) bond motifs is 1. The molecule has 0 aromatic heterocycles. The Morgan fingerprint density at radius 2 is 1.03 bits per heavy atom. The Hall–Kier alpha value is -2.67. The van der Waals surface area contributed by atoms with Crippen LogP contribution in [0.2, 0.25) is 0 Å². The van der Waals surface area contributed by atoms with Crippen LogP contribution in [-0.2, 0) is 9.59 Å². The van der Waals surface area contributed by atoms with Crippen molar-refractivity contribution in [2.75, 3.05) is 36.0 Å². The van der Waals surface area contributed by atoms with Crippen molar-refractivity contribution in [1.82, 2.24) is 9.80 Å². The van der Waals surface area contributed by atoms with Crippen molar-refractivity contribution in [3.05, 3.63) is 47.8 Å². The zero-order chi connectivity index (χ0) is 26.1. The maximum Gasteiger partial charge on any atom is 0.265 e. The number of hydrogen-bond acceptors (Lipinski definition) is 5. The Bertz CT molecular complexity index is 934. The molecule has 3 rings (SSSR count). The van der Waals surface area contributed by atoms with Crippen LogP contribution in [0, 0.1) is 0 Å². The van der Waals surface area contributed by atoms with Gasteiger partial charge in [-0.3, -0.25) is 19.4 Å². The van der Waals surface area contributed by atoms with Crippen LogP contribution in [0.1, 0.15) is 79.1 Å². The number of nitrogens with zero attached hydrogens (tertiary/aromatic N) is 4. The summed E-state index contributed by atoms with van der Waals surface area (Å²) in [5, 5.41) is 0.346. The number of carbonyl (C=O) groups excluding carboxylic acids is 2. The van der Waals surface area contributed by atoms with Gasteiger partial charge in [0.1, 0.15) is 11.4 Å². The lowest BCUT2D eigenvalue weighted by atomic mass is 10.1. The average Bonchev–Trinajstić information content (AvgIpc) is 3.18. The van der Waals surface area contributed by atoms with E-state index in [1.165, 1.54) is 11.4 Å². The van der Waals surface area contributed by atoms with Crippen LogP contribution in [0.3, 0.4) is 0 Å². The van der Waals surface area contributed by atoms with Crippen molar-refractivity contribution in [3.63, 3.8) is 0 Å². The van der Waals surface area contributed by atoms with E-state index in [0.717, 1.165) is 70.3 Å². The van der Waals surface area contributed by atoms with Crippen molar-refractivity contribution in [2.45, 2.75) is 79.1 Å². The molecule has 0 saturated carbocycles. The molecule has 0 aliphatic carbocycles. The van der Waals surface area contributed by atoms with Gasteiger partial charge in [-0.1, -0.05) is 65.5 Å². The molecule has 7 heteroatoms. The van der Waals surface area contributed by atoms with Gasteiger partial charge in [0.25, 0.3) is 11.8 Å². The van der Waals surface area contributed by atoms with E-state index in [2.05, 4.69) is 61.8 Å². The third kappa shape index (κ3) is 6.00. The predicted molar refractivity (Wildman–Crippen MR) is 153 cm³/mol. The summed E-state index contributed by atoms with van der Waals surface area (Å²) in [5.41, 5.74) is 2.57. The molecular formula is C29H42N4O2S. The Labute approximate surface area is 222 Å². The lowest BCUT2D eigenvalue weighted by Crippen LogP contribution is -2.56. The second-order valence-electron chi connectivity index (χ2n) is 9.51. The van der Waals surface area contributed by atoms with Crippen molar-refractivity contribution >= 4 is 40.5 Å². The van der Waals surface area contributed by atoms with Crippen LogP contribution in [0.15, 0.2) is 47.8 Å². The molecule has 1 fully saturated rings. The first-order valence-corrected chi connectivity index (χ1v) is 14.1. The van der Waals surface area contributed by atoms with E-state index in [9.17, 15) is 9.59 Å². The number of rotatable bonds is 13. The average molecular weight is 511 g/mol. The van der Waals surface area contributed by atoms with Crippen molar-refractivity contribution in [2.24, 2.45) is 0 Å². The van der Waals surface area contributed by atoms with E-state index in [0.29, 0.717) is 18.2 Å². The van der Waals surface area contributed by atoms with Crippen LogP contribution in [0.25, 0.3) is 0 Å². The van der Waals surface area contributed by atoms with Crippen LogP contribution in [-0.4, -0.2) is 52.9 Å². The van der Waals surface area contributed by atoms with Gasteiger partial charge < -0.3 is 9.80 Å². The standard InChI is InChI=1S/C29H42N4O2S/c1-5-9-19-30-24-15-13-14-16-25(24)31(20-10-6-2)26(30)18-17-23-27(34)32(21-11-7-3)29(36)33(28(23)35)22-12-8-4/h13-18H,5-12,19-22H2,1-4H3. The quantitative estimate of drug-likeness (QED) is 0.179. The Kier molecular flexibility index (Phi) is 10.5. The molecule has 2 aliphatic heterocycles. The van der Waals surface area contributed by atoms with Crippen LogP contribution in [0.4, 0.5) is 11.4 Å². The van der Waals surface area contributed by atoms with E-state index in [1.54, 1.807) is 15.9 Å². The van der Waals surface area contributed by atoms with Crippen LogP contribution >= 0.6 is 12.2 Å². The first kappa shape index (κ1) is 27.9. The van der Waals surface area contributed by atoms with Crippen molar-refractivity contribution in [3.8, 4) is 0 Å². The molecule has 2 amide bonds. The second kappa shape index (κ2) is 13.6. The Morgan fingerprint density at radius 3 is 1.42 bits per heavy atom. The lowest BCUT2D eigenvalue weighted by Gasteiger charge is -2.36. The molecule has 0 radical (unpaired) electrons. The van der Waals surface area contributed by atoms with Crippen molar-refractivity contribution in [1.29, 1.82) is 0 Å². The number of anilines is 2. The van der Waals surface area contributed by atoms with Gasteiger partial charge in [-0.15, -0.1) is 0 Å². The fourth-order valence-electron chi connectivity index (χ4n) is 4.62. The fraction of sp³-hybridized carbons (Fsp3) is 0.552. The van der Waals surface area contributed by atoms with Gasteiger partial charge in [-0.2, -0.15) is 0 Å². The number of para-hydroxylation sites is 2. The fourth-order valence-corrected chi connectivity index (χ4v) is 4.97. The molecule has 0 bridgehead atoms. The third-order valence-electron chi connectivity index (χ3n) is 6.77. The summed E-state index contributed by atoms with van der Waals surface area (Å²) in [7, 11) is 0. The minimum absolute atomic E-state index is 0.199. The highest BCUT2D eigenvalue weighted by atomic mass is 32.1. The lowest BCUT2D eigenvalue weighted by molar-refractivity contribution is -0.133. The van der Waals surface area contributed by atoms with E-state index in [1.807, 2.05) is 6.08 Å². The Balaban J connectivity index is 2.04. The first-order valence-electron chi connectivity index (χ1n) is 13.7. The minimum atomic E-state index is -0.279. The molecule has 0 unspecified atom stereocenters. The van der Waals surface area contributed by atoms with Gasteiger partial charge in [-0.25, -0.2) is 0 Å². The zero-order valence-corrected chi connectivity index (χ0v) is 23.3. The summed E-state index contributed by atoms with van der Waals surface area (Å²) < 4.78 is 0. The predicted octanol–water partition coefficient (Wildman–Crippen LogP) is 6.24. The summed E-state index contributed by atoms with van der Waals surface area (Å²) in [4.78, 5) is 34.8. The van der Waals surface area contributed by atoms with Gasteiger partial charge in [0, 0.05) is 26.2 Å². The molecule has 1 aromatic rings. The van der Waals surface area contributed by atoms with Crippen LogP contribution in [0.5, 0.6) is 0 Å². The van der Waals surface area contributed by atoms with E-state index < -0.39 is 0 Å². The molecule has 1 saturated heterocycles. The highest BCUT2D eigenvalue weighted by molar-refractivity contribution is 7.80. The number of carbonyl (C=O) groups is 2. The molecule has 196 valence electrons. The van der Waals surface area contributed by atoms with Gasteiger partial charge in [-0.05, 0) is 62.2 Å². The number of unbranched alkanes of at least 4 members (excludes halogenated alkanes) is 4. The van der Waals surface area contributed by atoms with Crippen molar-refractivity contribution < 1.29 is 9.59 Å². The molecule has 36 heavy (non-hydrogen) atoms. The first-order chi connectivity index (χ1) is 17.5. The minimum Gasteiger partial charge on any atom is -0.326 e. The maximum absolute atomic E-state index is 13.5. The maximum atomic E-state index is 13.5. The summed E-state index contributed by atoms with van der Waals surface area (Å²) in [6.07, 6.45) is 11.6. The van der Waals surface area contributed by atoms with E-state index in [-0.39, 0.29) is 17.4 Å². The van der Waals surface area contributed by atoms with E-state index >= 15 is 0 Å². The molecule has 2 aliphatic rings. The topological polar surface area (TPSA) is 47.1 Å². The number of benzene rings is 1. The van der Waals surface area contributed by atoms with Gasteiger partial charge in [0.15, 0.2) is 5.11 Å². The molecule has 0 spiro atoms.